The smallest absolute Gasteiger partial charge is 0.120 e. The quantitative estimate of drug-likeness (QED) is 0.812. The minimum Gasteiger partial charge on any atom is -0.381 e. The maximum atomic E-state index is 5.64. The van der Waals surface area contributed by atoms with Gasteiger partial charge in [-0.05, 0) is 39.3 Å². The van der Waals surface area contributed by atoms with E-state index in [1.807, 2.05) is 6.92 Å². The summed E-state index contributed by atoms with van der Waals surface area (Å²) in [5, 5.41) is 3.63. The molecule has 0 unspecified atom stereocenters. The predicted molar refractivity (Wildman–Crippen MR) is 100 cm³/mol. The average Bonchev–Trinajstić information content (AvgIpc) is 2.94. The van der Waals surface area contributed by atoms with Crippen molar-refractivity contribution in [1.82, 2.24) is 20.2 Å². The number of aromatic amines is 1. The fourth-order valence-electron chi connectivity index (χ4n) is 3.59. The Balaban J connectivity index is 1.63. The fourth-order valence-corrected chi connectivity index (χ4v) is 3.59. The number of benzene rings is 1. The number of nitrogens with zero attached hydrogens (tertiary/aromatic N) is 2. The molecule has 1 aliphatic heterocycles. The van der Waals surface area contributed by atoms with Gasteiger partial charge in [0.25, 0.3) is 0 Å². The zero-order chi connectivity index (χ0) is 17.7. The van der Waals surface area contributed by atoms with Crippen molar-refractivity contribution >= 4 is 0 Å². The van der Waals surface area contributed by atoms with Crippen molar-refractivity contribution in [2.75, 3.05) is 26.8 Å². The van der Waals surface area contributed by atoms with E-state index in [0.717, 1.165) is 62.9 Å². The number of nitrogens with one attached hydrogen (secondary N) is 2. The topological polar surface area (TPSA) is 53.2 Å². The average molecular weight is 342 g/mol. The molecule has 136 valence electrons. The van der Waals surface area contributed by atoms with E-state index < -0.39 is 0 Å². The molecular weight excluding hydrogens is 312 g/mol. The number of aryl methyl sites for hydroxylation is 2. The van der Waals surface area contributed by atoms with Crippen molar-refractivity contribution in [2.24, 2.45) is 0 Å². The third-order valence-electron chi connectivity index (χ3n) is 5.42. The molecule has 1 aromatic carbocycles. The first kappa shape index (κ1) is 18.1. The lowest BCUT2D eigenvalue weighted by Crippen LogP contribution is -2.55. The Kier molecular flexibility index (Phi) is 5.89. The molecule has 5 nitrogen and oxygen atoms in total. The molecule has 5 heteroatoms. The molecule has 1 saturated heterocycles. The molecule has 0 radical (unpaired) electrons. The summed E-state index contributed by atoms with van der Waals surface area (Å²) in [6, 6.07) is 10.7. The summed E-state index contributed by atoms with van der Waals surface area (Å²) < 4.78 is 5.64. The molecule has 1 aromatic heterocycles. The predicted octanol–water partition coefficient (Wildman–Crippen LogP) is 2.80. The van der Waals surface area contributed by atoms with Crippen molar-refractivity contribution in [1.29, 1.82) is 0 Å². The highest BCUT2D eigenvalue weighted by atomic mass is 16.5. The van der Waals surface area contributed by atoms with Crippen LogP contribution in [0.1, 0.15) is 35.6 Å². The van der Waals surface area contributed by atoms with Crippen LogP contribution in [0, 0.1) is 13.8 Å². The molecule has 0 saturated carbocycles. The van der Waals surface area contributed by atoms with E-state index in [-0.39, 0.29) is 5.54 Å². The third kappa shape index (κ3) is 4.48. The molecule has 2 N–H and O–H groups in total. The number of ether oxygens (including phenoxy) is 1. The number of hydrogen-bond donors (Lipinski definition) is 2. The van der Waals surface area contributed by atoms with Crippen LogP contribution >= 0.6 is 0 Å². The minimum absolute atomic E-state index is 0.130. The maximum absolute atomic E-state index is 5.64. The first-order valence-electron chi connectivity index (χ1n) is 9.15. The van der Waals surface area contributed by atoms with Crippen molar-refractivity contribution in [3.63, 3.8) is 0 Å². The van der Waals surface area contributed by atoms with Crippen LogP contribution in [0.3, 0.4) is 0 Å². The van der Waals surface area contributed by atoms with Gasteiger partial charge < -0.3 is 15.0 Å². The SMILES string of the molecule is Cc1nc(CNCC2(N(C)Cc3ccccc3)CCOCC2)[nH]c1C. The molecule has 2 aromatic rings. The van der Waals surface area contributed by atoms with Crippen LogP contribution in [0.4, 0.5) is 0 Å². The molecule has 0 aliphatic carbocycles. The van der Waals surface area contributed by atoms with Gasteiger partial charge in [-0.3, -0.25) is 4.90 Å². The van der Waals surface area contributed by atoms with Crippen LogP contribution in [-0.4, -0.2) is 47.2 Å². The summed E-state index contributed by atoms with van der Waals surface area (Å²) in [4.78, 5) is 10.4. The Labute approximate surface area is 150 Å². The summed E-state index contributed by atoms with van der Waals surface area (Å²) >= 11 is 0. The molecule has 0 bridgehead atoms. The Hall–Kier alpha value is -1.69. The lowest BCUT2D eigenvalue weighted by molar-refractivity contribution is -0.0208. The van der Waals surface area contributed by atoms with Crippen LogP contribution in [0.2, 0.25) is 0 Å². The Morgan fingerprint density at radius 2 is 1.92 bits per heavy atom. The van der Waals surface area contributed by atoms with Gasteiger partial charge in [-0.25, -0.2) is 4.98 Å². The zero-order valence-electron chi connectivity index (χ0n) is 15.6. The second kappa shape index (κ2) is 8.13. The van der Waals surface area contributed by atoms with Gasteiger partial charge in [0.2, 0.25) is 0 Å². The lowest BCUT2D eigenvalue weighted by Gasteiger charge is -2.45. The van der Waals surface area contributed by atoms with Gasteiger partial charge >= 0.3 is 0 Å². The second-order valence-corrected chi connectivity index (χ2v) is 7.18. The molecule has 0 atom stereocenters. The van der Waals surface area contributed by atoms with Crippen molar-refractivity contribution < 1.29 is 4.74 Å². The van der Waals surface area contributed by atoms with E-state index in [1.165, 1.54) is 5.56 Å². The number of aromatic nitrogens is 2. The van der Waals surface area contributed by atoms with E-state index in [0.29, 0.717) is 0 Å². The van der Waals surface area contributed by atoms with Gasteiger partial charge in [0.05, 0.1) is 12.2 Å². The van der Waals surface area contributed by atoms with Crippen LogP contribution in [0.25, 0.3) is 0 Å². The maximum Gasteiger partial charge on any atom is 0.120 e. The molecule has 0 spiro atoms. The highest BCUT2D eigenvalue weighted by Gasteiger charge is 2.36. The summed E-state index contributed by atoms with van der Waals surface area (Å²) in [5.74, 6) is 1.02. The van der Waals surface area contributed by atoms with Crippen molar-refractivity contribution in [3.05, 3.63) is 53.1 Å². The summed E-state index contributed by atoms with van der Waals surface area (Å²) in [7, 11) is 2.24. The largest absolute Gasteiger partial charge is 0.381 e. The number of likely N-dealkylation sites (N-methyl/N-ethyl adjacent to an activating group) is 1. The van der Waals surface area contributed by atoms with Crippen molar-refractivity contribution in [3.8, 4) is 0 Å². The molecule has 25 heavy (non-hydrogen) atoms. The molecule has 2 heterocycles. The van der Waals surface area contributed by atoms with E-state index in [1.54, 1.807) is 0 Å². The van der Waals surface area contributed by atoms with Crippen LogP contribution in [0.15, 0.2) is 30.3 Å². The van der Waals surface area contributed by atoms with Gasteiger partial charge in [-0.2, -0.15) is 0 Å². The van der Waals surface area contributed by atoms with Gasteiger partial charge in [0, 0.05) is 37.5 Å². The van der Waals surface area contributed by atoms with Gasteiger partial charge in [0.1, 0.15) is 5.82 Å². The minimum atomic E-state index is 0.130. The van der Waals surface area contributed by atoms with E-state index in [9.17, 15) is 0 Å². The first-order chi connectivity index (χ1) is 12.1. The number of H-pyrrole nitrogens is 1. The standard InChI is InChI=1S/C20H30N4O/c1-16-17(2)23-19(22-16)13-21-15-20(9-11-25-12-10-20)24(3)14-18-7-5-4-6-8-18/h4-8,21H,9-15H2,1-3H3,(H,22,23). The number of hydrogen-bond acceptors (Lipinski definition) is 4. The van der Waals surface area contributed by atoms with Crippen LogP contribution < -0.4 is 5.32 Å². The van der Waals surface area contributed by atoms with Gasteiger partial charge in [0.15, 0.2) is 0 Å². The lowest BCUT2D eigenvalue weighted by atomic mass is 9.87. The Morgan fingerprint density at radius 1 is 1.20 bits per heavy atom. The third-order valence-corrected chi connectivity index (χ3v) is 5.42. The highest BCUT2D eigenvalue weighted by molar-refractivity contribution is 5.15. The summed E-state index contributed by atoms with van der Waals surface area (Å²) in [6.07, 6.45) is 2.11. The van der Waals surface area contributed by atoms with Gasteiger partial charge in [-0.1, -0.05) is 30.3 Å². The Bertz CT molecular complexity index is 642. The molecular formula is C20H30N4O. The Morgan fingerprint density at radius 3 is 2.56 bits per heavy atom. The monoisotopic (exact) mass is 342 g/mol. The fraction of sp³-hybridized carbons (Fsp3) is 0.550. The highest BCUT2D eigenvalue weighted by Crippen LogP contribution is 2.28. The van der Waals surface area contributed by atoms with Crippen LogP contribution in [0.5, 0.6) is 0 Å². The van der Waals surface area contributed by atoms with E-state index in [4.69, 9.17) is 4.74 Å². The first-order valence-corrected chi connectivity index (χ1v) is 9.15. The number of imidazole rings is 1. The molecule has 0 amide bonds. The number of rotatable bonds is 7. The normalized spacial score (nSPS) is 17.1. The van der Waals surface area contributed by atoms with E-state index in [2.05, 4.69) is 64.5 Å². The van der Waals surface area contributed by atoms with Gasteiger partial charge in [-0.15, -0.1) is 0 Å². The molecule has 1 aliphatic rings. The summed E-state index contributed by atoms with van der Waals surface area (Å²) in [5.41, 5.74) is 3.72. The molecule has 3 rings (SSSR count). The summed E-state index contributed by atoms with van der Waals surface area (Å²) in [6.45, 7) is 8.46. The van der Waals surface area contributed by atoms with E-state index >= 15 is 0 Å². The van der Waals surface area contributed by atoms with Crippen molar-refractivity contribution in [2.45, 2.75) is 45.3 Å². The van der Waals surface area contributed by atoms with Crippen LogP contribution in [-0.2, 0) is 17.8 Å². The second-order valence-electron chi connectivity index (χ2n) is 7.18. The zero-order valence-corrected chi connectivity index (χ0v) is 15.6. The molecule has 1 fully saturated rings.